The van der Waals surface area contributed by atoms with E-state index in [1.54, 1.807) is 0 Å². The minimum atomic E-state index is 0.0223. The number of Topliss-reactive ketones (excluding diaryl/α,β-unsaturated/α-hetero) is 1. The molecule has 0 spiro atoms. The highest BCUT2D eigenvalue weighted by atomic mass is 16.2. The summed E-state index contributed by atoms with van der Waals surface area (Å²) in [7, 11) is 0. The van der Waals surface area contributed by atoms with Gasteiger partial charge >= 0.3 is 0 Å². The molecule has 1 aliphatic heterocycles. The van der Waals surface area contributed by atoms with Gasteiger partial charge in [-0.1, -0.05) is 44.0 Å². The predicted octanol–water partition coefficient (Wildman–Crippen LogP) is 4.89. The van der Waals surface area contributed by atoms with Crippen molar-refractivity contribution in [2.24, 2.45) is 5.92 Å². The number of aromatic nitrogens is 3. The Balaban J connectivity index is 1.42. The Morgan fingerprint density at radius 1 is 1.03 bits per heavy atom. The van der Waals surface area contributed by atoms with Crippen LogP contribution in [0.1, 0.15) is 74.1 Å². The van der Waals surface area contributed by atoms with Crippen molar-refractivity contribution < 1.29 is 9.59 Å². The molecule has 1 atom stereocenters. The predicted molar refractivity (Wildman–Crippen MR) is 128 cm³/mol. The summed E-state index contributed by atoms with van der Waals surface area (Å²) in [5.74, 6) is 0.660. The number of hydrogen-bond acceptors (Lipinski definition) is 4. The van der Waals surface area contributed by atoms with Gasteiger partial charge in [-0.25, -0.2) is 9.50 Å². The lowest BCUT2D eigenvalue weighted by Gasteiger charge is -2.27. The minimum Gasteiger partial charge on any atom is -0.335 e. The lowest BCUT2D eigenvalue weighted by Crippen LogP contribution is -2.38. The Hall–Kier alpha value is -3.02. The summed E-state index contributed by atoms with van der Waals surface area (Å²) in [5.41, 5.74) is 5.04. The number of hydrogen-bond donors (Lipinski definition) is 0. The summed E-state index contributed by atoms with van der Waals surface area (Å²) in [5, 5.41) is 4.79. The highest BCUT2D eigenvalue weighted by Gasteiger charge is 2.29. The van der Waals surface area contributed by atoms with Gasteiger partial charge in [0.1, 0.15) is 11.5 Å². The van der Waals surface area contributed by atoms with Crippen molar-refractivity contribution in [3.8, 4) is 11.3 Å². The molecule has 5 rings (SSSR count). The number of nitrogens with zero attached hydrogens (tertiary/aromatic N) is 4. The summed E-state index contributed by atoms with van der Waals surface area (Å²) in [6.07, 6.45) is 7.83. The Bertz CT molecular complexity index is 1180. The molecule has 2 aliphatic rings. The highest BCUT2D eigenvalue weighted by Crippen LogP contribution is 2.31. The molecule has 1 unspecified atom stereocenters. The average Bonchev–Trinajstić information content (AvgIpc) is 3.62. The molecule has 1 aromatic carbocycles. The smallest absolute Gasteiger partial charge is 0.272 e. The number of amides is 1. The van der Waals surface area contributed by atoms with Crippen LogP contribution >= 0.6 is 0 Å². The summed E-state index contributed by atoms with van der Waals surface area (Å²) >= 11 is 0. The molecule has 0 radical (unpaired) electrons. The molecule has 1 amide bonds. The normalized spacial score (nSPS) is 19.0. The third kappa shape index (κ3) is 4.56. The van der Waals surface area contributed by atoms with Gasteiger partial charge in [0.05, 0.1) is 5.69 Å². The molecular formula is C27H32N4O2. The number of carbonyl (C=O) groups is 2. The maximum absolute atomic E-state index is 13.3. The number of fused-ring (bicyclic) bond motifs is 1. The van der Waals surface area contributed by atoms with Crippen LogP contribution in [-0.2, 0) is 17.6 Å². The van der Waals surface area contributed by atoms with Crippen LogP contribution in [0.2, 0.25) is 0 Å². The van der Waals surface area contributed by atoms with Gasteiger partial charge in [0.15, 0.2) is 5.65 Å². The number of likely N-dealkylation sites (tertiary alicyclic amines) is 1. The molecule has 6 nitrogen and oxygen atoms in total. The van der Waals surface area contributed by atoms with Crippen molar-refractivity contribution in [1.82, 2.24) is 19.5 Å². The Morgan fingerprint density at radius 3 is 2.55 bits per heavy atom. The molecule has 3 aromatic rings. The van der Waals surface area contributed by atoms with Gasteiger partial charge in [-0.3, -0.25) is 9.59 Å². The van der Waals surface area contributed by atoms with E-state index in [1.807, 2.05) is 45.8 Å². The van der Waals surface area contributed by atoms with Crippen molar-refractivity contribution in [2.75, 3.05) is 6.54 Å². The summed E-state index contributed by atoms with van der Waals surface area (Å²) in [6, 6.07) is 12.2. The third-order valence-corrected chi connectivity index (χ3v) is 7.06. The van der Waals surface area contributed by atoms with E-state index in [0.29, 0.717) is 23.5 Å². The number of ketones is 1. The van der Waals surface area contributed by atoms with Gasteiger partial charge in [0.2, 0.25) is 0 Å². The summed E-state index contributed by atoms with van der Waals surface area (Å²) < 4.78 is 1.85. The quantitative estimate of drug-likeness (QED) is 0.543. The van der Waals surface area contributed by atoms with Gasteiger partial charge in [0.25, 0.3) is 5.91 Å². The molecule has 0 bridgehead atoms. The standard InChI is InChI=1S/C27H32N4O2/c1-3-22-16-24(27(33)30-14-6-4-5-7-18(30)2)28-26-17-23(29-31(22)26)20-10-8-19(9-11-20)15-25(32)21-12-13-21/h8-11,16-18,21H,3-7,12-15H2,1-2H3. The van der Waals surface area contributed by atoms with Crippen molar-refractivity contribution >= 4 is 17.3 Å². The van der Waals surface area contributed by atoms with Crippen LogP contribution in [0.4, 0.5) is 0 Å². The molecule has 6 heteroatoms. The van der Waals surface area contributed by atoms with E-state index in [2.05, 4.69) is 13.8 Å². The Labute approximate surface area is 195 Å². The molecule has 1 saturated heterocycles. The van der Waals surface area contributed by atoms with E-state index < -0.39 is 0 Å². The van der Waals surface area contributed by atoms with Gasteiger partial charge in [-0.05, 0) is 50.7 Å². The average molecular weight is 445 g/mol. The zero-order chi connectivity index (χ0) is 22.9. The fourth-order valence-electron chi connectivity index (χ4n) is 4.81. The maximum atomic E-state index is 13.3. The van der Waals surface area contributed by atoms with E-state index in [1.165, 1.54) is 12.8 Å². The first-order chi connectivity index (χ1) is 16.0. The zero-order valence-corrected chi connectivity index (χ0v) is 19.6. The van der Waals surface area contributed by atoms with E-state index in [4.69, 9.17) is 10.1 Å². The molecule has 1 saturated carbocycles. The number of aryl methyl sites for hydroxylation is 1. The topological polar surface area (TPSA) is 67.6 Å². The van der Waals surface area contributed by atoms with Gasteiger partial charge < -0.3 is 4.90 Å². The largest absolute Gasteiger partial charge is 0.335 e. The lowest BCUT2D eigenvalue weighted by atomic mass is 10.0. The second-order valence-corrected chi connectivity index (χ2v) is 9.60. The van der Waals surface area contributed by atoms with Gasteiger partial charge in [-0.15, -0.1) is 0 Å². The molecule has 2 aromatic heterocycles. The molecular weight excluding hydrogens is 412 g/mol. The van der Waals surface area contributed by atoms with E-state index in [-0.39, 0.29) is 17.9 Å². The molecule has 2 fully saturated rings. The van der Waals surface area contributed by atoms with Gasteiger partial charge in [0, 0.05) is 42.2 Å². The first kappa shape index (κ1) is 21.8. The number of carbonyl (C=O) groups excluding carboxylic acids is 2. The Kier molecular flexibility index (Phi) is 6.00. The molecule has 33 heavy (non-hydrogen) atoms. The van der Waals surface area contributed by atoms with Gasteiger partial charge in [-0.2, -0.15) is 5.10 Å². The fourth-order valence-corrected chi connectivity index (χ4v) is 4.81. The molecule has 3 heterocycles. The fraction of sp³-hybridized carbons (Fsp3) is 0.481. The van der Waals surface area contributed by atoms with Crippen molar-refractivity contribution in [2.45, 2.75) is 71.3 Å². The van der Waals surface area contributed by atoms with E-state index in [9.17, 15) is 9.59 Å². The second kappa shape index (κ2) is 9.08. The van der Waals surface area contributed by atoms with Crippen LogP contribution in [0, 0.1) is 5.92 Å². The van der Waals surface area contributed by atoms with Crippen molar-refractivity contribution in [3.05, 3.63) is 53.3 Å². The SMILES string of the molecule is CCc1cc(C(=O)N2CCCCCC2C)nc2cc(-c3ccc(CC(=O)C4CC4)cc3)nn12. The summed E-state index contributed by atoms with van der Waals surface area (Å²) in [6.45, 7) is 5.01. The lowest BCUT2D eigenvalue weighted by molar-refractivity contribution is -0.119. The monoisotopic (exact) mass is 444 g/mol. The highest BCUT2D eigenvalue weighted by molar-refractivity contribution is 5.93. The molecule has 172 valence electrons. The summed E-state index contributed by atoms with van der Waals surface area (Å²) in [4.78, 5) is 32.1. The van der Waals surface area contributed by atoms with E-state index >= 15 is 0 Å². The van der Waals surface area contributed by atoms with Crippen molar-refractivity contribution in [3.63, 3.8) is 0 Å². The second-order valence-electron chi connectivity index (χ2n) is 9.60. The van der Waals surface area contributed by atoms with Crippen molar-refractivity contribution in [1.29, 1.82) is 0 Å². The molecule has 1 aliphatic carbocycles. The molecule has 0 N–H and O–H groups in total. The van der Waals surface area contributed by atoms with Crippen LogP contribution in [0.3, 0.4) is 0 Å². The number of rotatable bonds is 6. The zero-order valence-electron chi connectivity index (χ0n) is 19.6. The van der Waals surface area contributed by atoms with Crippen LogP contribution in [0.5, 0.6) is 0 Å². The maximum Gasteiger partial charge on any atom is 0.272 e. The van der Waals surface area contributed by atoms with Crippen LogP contribution in [0.25, 0.3) is 16.9 Å². The first-order valence-electron chi connectivity index (χ1n) is 12.4. The Morgan fingerprint density at radius 2 is 1.82 bits per heavy atom. The third-order valence-electron chi connectivity index (χ3n) is 7.06. The van der Waals surface area contributed by atoms with Crippen LogP contribution < -0.4 is 0 Å². The van der Waals surface area contributed by atoms with E-state index in [0.717, 1.165) is 61.2 Å². The first-order valence-corrected chi connectivity index (χ1v) is 12.4. The minimum absolute atomic E-state index is 0.0223. The van der Waals surface area contributed by atoms with Crippen LogP contribution in [-0.4, -0.2) is 43.8 Å². The van der Waals surface area contributed by atoms with Crippen LogP contribution in [0.15, 0.2) is 36.4 Å². The number of benzene rings is 1.